The molecule has 0 saturated heterocycles. The Bertz CT molecular complexity index is 1410. The van der Waals surface area contributed by atoms with Crippen LogP contribution in [0.5, 0.6) is 0 Å². The fourth-order valence-corrected chi connectivity index (χ4v) is 3.66. The van der Waals surface area contributed by atoms with E-state index in [-0.39, 0.29) is 97.6 Å². The fourth-order valence-electron chi connectivity index (χ4n) is 3.31. The predicted octanol–water partition coefficient (Wildman–Crippen LogP) is 0.740. The van der Waals surface area contributed by atoms with E-state index >= 15 is 0 Å². The predicted molar refractivity (Wildman–Crippen MR) is 198 cm³/mol. The summed E-state index contributed by atoms with van der Waals surface area (Å²) >= 11 is 0. The molecule has 0 radical (unpaired) electrons. The average Bonchev–Trinajstić information content (AvgIpc) is 2.97. The minimum absolute atomic E-state index is 0. The second kappa shape index (κ2) is 37.8. The number of phosphoric ester groups is 1. The van der Waals surface area contributed by atoms with Crippen LogP contribution in [0.3, 0.4) is 0 Å². The molecule has 0 aromatic carbocycles. The Hall–Kier alpha value is -1.68. The van der Waals surface area contributed by atoms with Gasteiger partial charge in [0.2, 0.25) is 0 Å². The van der Waals surface area contributed by atoms with Crippen LogP contribution < -0.4 is 68.9 Å². The summed E-state index contributed by atoms with van der Waals surface area (Å²) < 4.78 is 25.0. The monoisotopic (exact) mass is 710 g/mol. The van der Waals surface area contributed by atoms with E-state index in [4.69, 9.17) is 9.47 Å². The van der Waals surface area contributed by atoms with Crippen molar-refractivity contribution in [3.05, 3.63) is 0 Å². The molecule has 0 aliphatic carbocycles. The van der Waals surface area contributed by atoms with E-state index in [0.717, 1.165) is 19.3 Å². The zero-order valence-electron chi connectivity index (χ0n) is 27.4. The first-order valence-electron chi connectivity index (χ1n) is 14.2. The standard InChI is InChI=1S/C34H39O8P.2Na.H2S.13H2/c1-3-5-7-9-11-13-15-17-19-20-22-24-26-28-33(35)40-30-32(31-41-43(37,38)39)42-34(36)29-27-25-23-21-18-16-14-12-10-8-6-4-2;;;;;;;;;;;;;;;;/h32H,4,6,8,10,12,14,16,18,21,23,25,27,29-31H2,1-2H3,(H2,37,38,39);;;1H2;13*1H/q;2*+1;;;;;;;;;;;;;;/p-2/t32-;;;;;;;;;;;;;;;;/m0................/s1. The van der Waals surface area contributed by atoms with E-state index in [1.165, 1.54) is 51.4 Å². The Morgan fingerprint density at radius 3 is 1.52 bits per heavy atom. The molecular weight excluding hydrogens is 645 g/mol. The van der Waals surface area contributed by atoms with Crippen LogP contribution in [0.1, 0.15) is 116 Å². The Labute approximate surface area is 346 Å². The van der Waals surface area contributed by atoms with Gasteiger partial charge in [-0.1, -0.05) is 83.5 Å². The second-order valence-electron chi connectivity index (χ2n) is 8.97. The molecular formula is C34H65Na2O8PS. The SMILES string of the molecule is CC#CC#CC#CC#CC#CC#CC#CC(=O)OC[C@@H](COP(=O)([O-])[O-])OC(=O)CCCCCCCCCCCCCC.S.[HH].[HH].[HH].[HH].[HH].[HH].[HH].[HH].[HH].[HH].[HH].[HH].[HH].[Na+].[Na+]. The van der Waals surface area contributed by atoms with Gasteiger partial charge in [0.05, 0.1) is 14.4 Å². The quantitative estimate of drug-likeness (QED) is 0.0481. The third kappa shape index (κ3) is 40.3. The van der Waals surface area contributed by atoms with Crippen molar-refractivity contribution >= 4 is 33.3 Å². The van der Waals surface area contributed by atoms with Gasteiger partial charge in [-0.2, -0.15) is 13.5 Å². The number of hydrogen-bond donors (Lipinski definition) is 0. The third-order valence-corrected chi connectivity index (χ3v) is 5.79. The minimum atomic E-state index is -5.32. The van der Waals surface area contributed by atoms with Crippen LogP contribution in [0.4, 0.5) is 0 Å². The molecule has 0 bridgehead atoms. The van der Waals surface area contributed by atoms with Crippen LogP contribution in [0.2, 0.25) is 0 Å². The van der Waals surface area contributed by atoms with Crippen LogP contribution >= 0.6 is 21.3 Å². The summed E-state index contributed by atoms with van der Waals surface area (Å²) in [5, 5.41) is 0. The molecule has 0 aromatic rings. The van der Waals surface area contributed by atoms with Crippen LogP contribution in [0, 0.1) is 82.9 Å². The Morgan fingerprint density at radius 2 is 1.09 bits per heavy atom. The number of rotatable bonds is 19. The molecule has 0 unspecified atom stereocenters. The first kappa shape index (κ1) is 51.2. The Kier molecular flexibility index (Phi) is 42.0. The first-order valence-corrected chi connectivity index (χ1v) is 15.7. The molecule has 262 valence electrons. The van der Waals surface area contributed by atoms with Gasteiger partial charge in [0, 0.05) is 30.9 Å². The number of ether oxygens (including phenoxy) is 2. The van der Waals surface area contributed by atoms with Gasteiger partial charge < -0.3 is 28.3 Å². The van der Waals surface area contributed by atoms with Crippen molar-refractivity contribution < 1.29 is 116 Å². The maximum atomic E-state index is 12.2. The van der Waals surface area contributed by atoms with Crippen molar-refractivity contribution in [2.24, 2.45) is 0 Å². The summed E-state index contributed by atoms with van der Waals surface area (Å²) in [6, 6.07) is 0. The molecule has 0 aromatic heterocycles. The summed E-state index contributed by atoms with van der Waals surface area (Å²) in [6.45, 7) is 2.53. The topological polar surface area (TPSA) is 125 Å². The number of phosphoric acid groups is 1. The molecule has 0 aliphatic rings. The molecule has 46 heavy (non-hydrogen) atoms. The molecule has 0 amide bonds. The Balaban J connectivity index is -0.0000000735. The van der Waals surface area contributed by atoms with Gasteiger partial charge >= 0.3 is 71.1 Å². The van der Waals surface area contributed by atoms with Crippen molar-refractivity contribution in [1.82, 2.24) is 0 Å². The summed E-state index contributed by atoms with van der Waals surface area (Å²) in [5.74, 6) is 32.1. The molecule has 1 atom stereocenters. The summed E-state index contributed by atoms with van der Waals surface area (Å²) in [6.07, 6.45) is 12.5. The number of carbonyl (C=O) groups excluding carboxylic acids is 2. The normalized spacial score (nSPS) is 9.13. The van der Waals surface area contributed by atoms with Crippen molar-refractivity contribution in [2.75, 3.05) is 13.2 Å². The van der Waals surface area contributed by atoms with Crippen molar-refractivity contribution in [2.45, 2.75) is 103 Å². The minimum Gasteiger partial charge on any atom is -0.790 e. The molecule has 0 N–H and O–H groups in total. The largest absolute Gasteiger partial charge is 1.00 e. The molecule has 0 heterocycles. The number of unbranched alkanes of at least 4 members (excludes halogenated alkanes) is 11. The molecule has 8 nitrogen and oxygen atoms in total. The molecule has 0 aliphatic heterocycles. The zero-order valence-corrected chi connectivity index (χ0v) is 33.3. The smallest absolute Gasteiger partial charge is 0.790 e. The van der Waals surface area contributed by atoms with Gasteiger partial charge in [-0.3, -0.25) is 4.79 Å². The summed E-state index contributed by atoms with van der Waals surface area (Å²) in [5.41, 5.74) is 0. The van der Waals surface area contributed by atoms with Gasteiger partial charge in [0.1, 0.15) is 6.61 Å². The molecule has 12 heteroatoms. The second-order valence-corrected chi connectivity index (χ2v) is 10.1. The van der Waals surface area contributed by atoms with E-state index in [2.05, 4.69) is 94.3 Å². The summed E-state index contributed by atoms with van der Waals surface area (Å²) in [4.78, 5) is 45.7. The maximum Gasteiger partial charge on any atom is 1.00 e. The van der Waals surface area contributed by atoms with Crippen molar-refractivity contribution in [3.63, 3.8) is 0 Å². The molecule has 0 saturated carbocycles. The summed E-state index contributed by atoms with van der Waals surface area (Å²) in [7, 11) is -5.32. The van der Waals surface area contributed by atoms with E-state index in [1.807, 2.05) is 0 Å². The van der Waals surface area contributed by atoms with Gasteiger partial charge in [0.25, 0.3) is 0 Å². The van der Waals surface area contributed by atoms with Crippen LogP contribution in [-0.2, 0) is 28.2 Å². The van der Waals surface area contributed by atoms with Crippen molar-refractivity contribution in [1.29, 1.82) is 0 Å². The fraction of sp³-hybridized carbons (Fsp3) is 0.529. The zero-order chi connectivity index (χ0) is 31.9. The third-order valence-electron chi connectivity index (χ3n) is 5.33. The first-order chi connectivity index (χ1) is 20.8. The van der Waals surface area contributed by atoms with Crippen LogP contribution in [0.15, 0.2) is 0 Å². The van der Waals surface area contributed by atoms with E-state index in [0.29, 0.717) is 6.42 Å². The van der Waals surface area contributed by atoms with Gasteiger partial charge in [-0.15, -0.1) is 0 Å². The molecule has 0 fully saturated rings. The van der Waals surface area contributed by atoms with E-state index < -0.39 is 39.1 Å². The van der Waals surface area contributed by atoms with Gasteiger partial charge in [-0.25, -0.2) is 4.79 Å². The number of hydrogen-bond acceptors (Lipinski definition) is 8. The number of carbonyl (C=O) groups is 2. The average molecular weight is 711 g/mol. The van der Waals surface area contributed by atoms with E-state index in [9.17, 15) is 23.9 Å². The van der Waals surface area contributed by atoms with Crippen LogP contribution in [-0.4, -0.2) is 31.3 Å². The van der Waals surface area contributed by atoms with Gasteiger partial charge in [0.15, 0.2) is 6.10 Å². The van der Waals surface area contributed by atoms with Crippen LogP contribution in [0.25, 0.3) is 0 Å². The van der Waals surface area contributed by atoms with E-state index in [1.54, 1.807) is 6.92 Å². The number of esters is 2. The Morgan fingerprint density at radius 1 is 0.674 bits per heavy atom. The van der Waals surface area contributed by atoms with Crippen molar-refractivity contribution in [3.8, 4) is 82.9 Å². The van der Waals surface area contributed by atoms with Gasteiger partial charge in [-0.05, 0) is 84.4 Å². The molecule has 0 rings (SSSR count). The molecule has 0 spiro atoms. The maximum absolute atomic E-state index is 12.2.